The highest BCUT2D eigenvalue weighted by Gasteiger charge is 2.42. The average Bonchev–Trinajstić information content (AvgIpc) is 2.90. The molecule has 0 spiro atoms. The molecule has 2 aromatic rings. The summed E-state index contributed by atoms with van der Waals surface area (Å²) in [5.74, 6) is 0. The molecule has 4 nitrogen and oxygen atoms in total. The topological polar surface area (TPSA) is 50.9 Å². The van der Waals surface area contributed by atoms with Crippen LogP contribution in [0.5, 0.6) is 0 Å². The predicted molar refractivity (Wildman–Crippen MR) is 103 cm³/mol. The molecule has 0 amide bonds. The lowest BCUT2D eigenvalue weighted by Crippen LogP contribution is -2.38. The molecule has 1 N–H and O–H groups in total. The van der Waals surface area contributed by atoms with Gasteiger partial charge >= 0.3 is 0 Å². The van der Waals surface area contributed by atoms with E-state index in [1.54, 1.807) is 4.80 Å². The van der Waals surface area contributed by atoms with Crippen LogP contribution in [0.25, 0.3) is 16.7 Å². The maximum atomic E-state index is 11.1. The summed E-state index contributed by atoms with van der Waals surface area (Å²) in [4.78, 5) is 1.61. The summed E-state index contributed by atoms with van der Waals surface area (Å²) in [5, 5.41) is 20.3. The monoisotopic (exact) mass is 339 g/mol. The lowest BCUT2D eigenvalue weighted by Gasteiger charge is -2.44. The van der Waals surface area contributed by atoms with E-state index in [1.165, 1.54) is 0 Å². The van der Waals surface area contributed by atoms with Crippen LogP contribution < -0.4 is 0 Å². The zero-order valence-electron chi connectivity index (χ0n) is 16.3. The molecule has 4 heteroatoms. The van der Waals surface area contributed by atoms with Crippen LogP contribution in [0.4, 0.5) is 0 Å². The molecule has 1 heterocycles. The van der Waals surface area contributed by atoms with E-state index < -0.39 is 6.10 Å². The summed E-state index contributed by atoms with van der Waals surface area (Å²) in [6, 6.07) is 7.79. The smallest absolute Gasteiger partial charge is 0.119 e. The van der Waals surface area contributed by atoms with Crippen LogP contribution in [0, 0.1) is 16.2 Å². The molecule has 0 saturated heterocycles. The fraction of sp³-hybridized carbons (Fsp3) is 0.524. The minimum Gasteiger partial charge on any atom is -0.382 e. The van der Waals surface area contributed by atoms with Crippen molar-refractivity contribution in [2.24, 2.45) is 16.2 Å². The Balaban J connectivity index is 2.20. The largest absolute Gasteiger partial charge is 0.382 e. The van der Waals surface area contributed by atoms with Crippen LogP contribution in [-0.4, -0.2) is 26.2 Å². The first-order chi connectivity index (χ1) is 11.4. The van der Waals surface area contributed by atoms with Gasteiger partial charge < -0.3 is 5.11 Å². The van der Waals surface area contributed by atoms with Crippen LogP contribution >= 0.6 is 0 Å². The van der Waals surface area contributed by atoms with E-state index in [2.05, 4.69) is 70.8 Å². The molecule has 25 heavy (non-hydrogen) atoms. The summed E-state index contributed by atoms with van der Waals surface area (Å²) in [5.41, 5.74) is 3.08. The van der Waals surface area contributed by atoms with Crippen molar-refractivity contribution in [2.45, 2.75) is 54.6 Å². The molecule has 0 aliphatic heterocycles. The number of rotatable bonds is 1. The maximum Gasteiger partial charge on any atom is 0.119 e. The van der Waals surface area contributed by atoms with E-state index in [-0.39, 0.29) is 16.2 Å². The Labute approximate surface area is 150 Å². The first-order valence-electron chi connectivity index (χ1n) is 8.89. The van der Waals surface area contributed by atoms with Crippen LogP contribution in [-0.2, 0) is 0 Å². The summed E-state index contributed by atoms with van der Waals surface area (Å²) in [6.45, 7) is 15.3. The van der Waals surface area contributed by atoms with Gasteiger partial charge in [-0.3, -0.25) is 0 Å². The minimum atomic E-state index is -0.711. The third-order valence-corrected chi connectivity index (χ3v) is 5.48. The molecular weight excluding hydrogens is 310 g/mol. The molecule has 3 rings (SSSR count). The van der Waals surface area contributed by atoms with E-state index in [4.69, 9.17) is 0 Å². The number of aliphatic hydroxyl groups excluding tert-OH is 1. The Morgan fingerprint density at radius 3 is 1.92 bits per heavy atom. The van der Waals surface area contributed by atoms with Gasteiger partial charge in [-0.1, -0.05) is 66.7 Å². The normalized spacial score (nSPS) is 25.0. The molecule has 134 valence electrons. The van der Waals surface area contributed by atoms with Gasteiger partial charge in [0.2, 0.25) is 0 Å². The summed E-state index contributed by atoms with van der Waals surface area (Å²) in [7, 11) is 0. The van der Waals surface area contributed by atoms with E-state index in [0.29, 0.717) is 0 Å². The van der Waals surface area contributed by atoms with Crippen molar-refractivity contribution in [3.05, 3.63) is 42.0 Å². The fourth-order valence-corrected chi connectivity index (χ4v) is 3.19. The number of benzene rings is 1. The number of hydrogen-bond donors (Lipinski definition) is 1. The van der Waals surface area contributed by atoms with E-state index in [9.17, 15) is 5.11 Å². The third-order valence-electron chi connectivity index (χ3n) is 5.48. The van der Waals surface area contributed by atoms with Gasteiger partial charge in [0.1, 0.15) is 17.1 Å². The van der Waals surface area contributed by atoms with Gasteiger partial charge in [0.05, 0.1) is 5.70 Å². The van der Waals surface area contributed by atoms with Crippen molar-refractivity contribution in [1.82, 2.24) is 15.0 Å². The molecule has 1 aromatic carbocycles. The van der Waals surface area contributed by atoms with Gasteiger partial charge in [-0.25, -0.2) is 0 Å². The molecule has 1 aromatic heterocycles. The van der Waals surface area contributed by atoms with Gasteiger partial charge in [-0.2, -0.15) is 4.80 Å². The average molecular weight is 339 g/mol. The Morgan fingerprint density at radius 1 is 0.960 bits per heavy atom. The number of aliphatic hydroxyl groups is 1. The molecule has 2 atom stereocenters. The Morgan fingerprint density at radius 2 is 1.48 bits per heavy atom. The highest BCUT2D eigenvalue weighted by atomic mass is 16.3. The Hall–Kier alpha value is -1.94. The van der Waals surface area contributed by atoms with Crippen molar-refractivity contribution in [2.75, 3.05) is 0 Å². The van der Waals surface area contributed by atoms with Crippen LogP contribution in [0.15, 0.2) is 42.0 Å². The lowest BCUT2D eigenvalue weighted by atomic mass is 9.62. The molecular formula is C21H29N3O. The summed E-state index contributed by atoms with van der Waals surface area (Å²) in [6.07, 6.45) is 3.66. The first-order valence-corrected chi connectivity index (χ1v) is 8.89. The Bertz CT molecular complexity index is 828. The number of nitrogens with zero attached hydrogens (tertiary/aromatic N) is 3. The molecule has 2 unspecified atom stereocenters. The van der Waals surface area contributed by atoms with Crippen LogP contribution in [0.2, 0.25) is 0 Å². The second-order valence-corrected chi connectivity index (χ2v) is 9.33. The second-order valence-electron chi connectivity index (χ2n) is 9.33. The number of aromatic nitrogens is 3. The number of allylic oxidation sites excluding steroid dienone is 2. The van der Waals surface area contributed by atoms with Crippen LogP contribution in [0.1, 0.15) is 48.5 Å². The van der Waals surface area contributed by atoms with Gasteiger partial charge in [-0.05, 0) is 34.6 Å². The minimum absolute atomic E-state index is 0.00145. The van der Waals surface area contributed by atoms with Crippen molar-refractivity contribution < 1.29 is 5.11 Å². The highest BCUT2D eigenvalue weighted by Crippen LogP contribution is 2.49. The molecule has 0 bridgehead atoms. The van der Waals surface area contributed by atoms with Gasteiger partial charge in [0.15, 0.2) is 0 Å². The standard InChI is InChI=1S/C21H29N3O/c1-19(2,3)14-12-21(7,20(4,5)6)13-17(18(14)25)24-22-15-10-8-9-11-16(15)23-24/h8-13,18,25H,1-7H3. The SMILES string of the molecule is CC(C)(C)C1=CC(C)(C(C)(C)C)C=C(n2nc3ccccc3n2)C1O. The highest BCUT2D eigenvalue weighted by molar-refractivity contribution is 5.74. The van der Waals surface area contributed by atoms with Gasteiger partial charge in [-0.15, -0.1) is 10.2 Å². The second kappa shape index (κ2) is 5.53. The van der Waals surface area contributed by atoms with Crippen molar-refractivity contribution in [3.63, 3.8) is 0 Å². The van der Waals surface area contributed by atoms with Crippen molar-refractivity contribution in [1.29, 1.82) is 0 Å². The molecule has 0 saturated carbocycles. The van der Waals surface area contributed by atoms with E-state index in [0.717, 1.165) is 22.3 Å². The van der Waals surface area contributed by atoms with Gasteiger partial charge in [0, 0.05) is 5.41 Å². The fourth-order valence-electron chi connectivity index (χ4n) is 3.19. The molecule has 0 fully saturated rings. The third kappa shape index (κ3) is 3.04. The lowest BCUT2D eigenvalue weighted by molar-refractivity contribution is 0.185. The van der Waals surface area contributed by atoms with Crippen molar-refractivity contribution >= 4 is 16.7 Å². The molecule has 1 aliphatic carbocycles. The van der Waals surface area contributed by atoms with Gasteiger partial charge in [0.25, 0.3) is 0 Å². The summed E-state index contributed by atoms with van der Waals surface area (Å²) < 4.78 is 0. The molecule has 1 aliphatic rings. The first kappa shape index (κ1) is 17.9. The zero-order chi connectivity index (χ0) is 18.6. The summed E-state index contributed by atoms with van der Waals surface area (Å²) >= 11 is 0. The molecule has 0 radical (unpaired) electrons. The zero-order valence-corrected chi connectivity index (χ0v) is 16.3. The maximum absolute atomic E-state index is 11.1. The van der Waals surface area contributed by atoms with E-state index >= 15 is 0 Å². The number of fused-ring (bicyclic) bond motifs is 1. The number of hydrogen-bond acceptors (Lipinski definition) is 3. The Kier molecular flexibility index (Phi) is 3.95. The van der Waals surface area contributed by atoms with E-state index in [1.807, 2.05) is 24.3 Å². The van der Waals surface area contributed by atoms with Crippen LogP contribution in [0.3, 0.4) is 0 Å². The van der Waals surface area contributed by atoms with Crippen molar-refractivity contribution in [3.8, 4) is 0 Å². The quantitative estimate of drug-likeness (QED) is 0.768. The predicted octanol–water partition coefficient (Wildman–Crippen LogP) is 4.67.